The van der Waals surface area contributed by atoms with Gasteiger partial charge in [0.1, 0.15) is 0 Å². The third-order valence-corrected chi connectivity index (χ3v) is 8.02. The summed E-state index contributed by atoms with van der Waals surface area (Å²) in [6.45, 7) is 3.77. The van der Waals surface area contributed by atoms with Crippen LogP contribution in [0, 0.1) is 0 Å². The van der Waals surface area contributed by atoms with E-state index in [1.807, 2.05) is 6.92 Å². The van der Waals surface area contributed by atoms with Crippen LogP contribution in [0.1, 0.15) is 45.4 Å². The third kappa shape index (κ3) is 5.26. The van der Waals surface area contributed by atoms with Crippen molar-refractivity contribution in [3.63, 3.8) is 0 Å². The number of hydrogen-bond donors (Lipinski definition) is 1. The van der Waals surface area contributed by atoms with Crippen LogP contribution < -0.4 is 5.32 Å². The minimum absolute atomic E-state index is 0.0564. The van der Waals surface area contributed by atoms with Crippen molar-refractivity contribution >= 4 is 27.5 Å². The predicted octanol–water partition coefficient (Wildman–Crippen LogP) is 2.87. The first kappa shape index (κ1) is 21.6. The number of nitrogens with one attached hydrogen (secondary N) is 1. The number of halogens is 1. The first-order chi connectivity index (χ1) is 13.4. The summed E-state index contributed by atoms with van der Waals surface area (Å²) in [5.41, 5.74) is 0. The highest BCUT2D eigenvalue weighted by Crippen LogP contribution is 2.21. The number of nitrogens with zero attached hydrogens (tertiary/aromatic N) is 2. The summed E-state index contributed by atoms with van der Waals surface area (Å²) in [4.78, 5) is 15.0. The predicted molar refractivity (Wildman–Crippen MR) is 111 cm³/mol. The smallest absolute Gasteiger partial charge is 0.243 e. The standard InChI is InChI=1S/C20H30ClN3O3S/c1-16(20(25)22-18-6-4-2-3-5-7-18)23-12-14-24(15-13-23)28(26,27)19-10-8-17(21)9-11-19/h8-11,16,18H,2-7,12-15H2,1H3,(H,22,25)/t16-/m0/s1. The van der Waals surface area contributed by atoms with Crippen molar-refractivity contribution in [1.82, 2.24) is 14.5 Å². The topological polar surface area (TPSA) is 69.7 Å². The number of piperazine rings is 1. The highest BCUT2D eigenvalue weighted by Gasteiger charge is 2.32. The van der Waals surface area contributed by atoms with Crippen LogP contribution in [0.5, 0.6) is 0 Å². The van der Waals surface area contributed by atoms with E-state index in [4.69, 9.17) is 11.6 Å². The van der Waals surface area contributed by atoms with Gasteiger partial charge in [0.15, 0.2) is 0 Å². The van der Waals surface area contributed by atoms with Gasteiger partial charge in [-0.05, 0) is 44.0 Å². The Hall–Kier alpha value is -1.15. The molecule has 8 heteroatoms. The van der Waals surface area contributed by atoms with Crippen LogP contribution in [0.15, 0.2) is 29.2 Å². The summed E-state index contributed by atoms with van der Waals surface area (Å²) in [5, 5.41) is 3.71. The van der Waals surface area contributed by atoms with Gasteiger partial charge in [-0.1, -0.05) is 37.3 Å². The maximum atomic E-state index is 12.8. The van der Waals surface area contributed by atoms with Crippen molar-refractivity contribution in [1.29, 1.82) is 0 Å². The van der Waals surface area contributed by atoms with E-state index < -0.39 is 10.0 Å². The fraction of sp³-hybridized carbons (Fsp3) is 0.650. The molecule has 1 heterocycles. The number of sulfonamides is 1. The maximum absolute atomic E-state index is 12.8. The van der Waals surface area contributed by atoms with Crippen molar-refractivity contribution in [2.45, 2.75) is 62.4 Å². The van der Waals surface area contributed by atoms with E-state index in [1.165, 1.54) is 42.1 Å². The maximum Gasteiger partial charge on any atom is 0.243 e. The zero-order valence-electron chi connectivity index (χ0n) is 16.4. The highest BCUT2D eigenvalue weighted by atomic mass is 35.5. The quantitative estimate of drug-likeness (QED) is 0.733. The Labute approximate surface area is 173 Å². The lowest BCUT2D eigenvalue weighted by molar-refractivity contribution is -0.127. The molecule has 0 aromatic heterocycles. The van der Waals surface area contributed by atoms with Crippen molar-refractivity contribution in [3.05, 3.63) is 29.3 Å². The van der Waals surface area contributed by atoms with Gasteiger partial charge >= 0.3 is 0 Å². The second-order valence-electron chi connectivity index (χ2n) is 7.77. The van der Waals surface area contributed by atoms with E-state index in [0.717, 1.165) is 12.8 Å². The first-order valence-corrected chi connectivity index (χ1v) is 12.0. The molecule has 0 unspecified atom stereocenters. The molecule has 1 atom stereocenters. The number of benzene rings is 1. The van der Waals surface area contributed by atoms with E-state index in [0.29, 0.717) is 31.2 Å². The summed E-state index contributed by atoms with van der Waals surface area (Å²) in [7, 11) is -3.53. The Balaban J connectivity index is 1.53. The lowest BCUT2D eigenvalue weighted by atomic mass is 10.1. The number of carbonyl (C=O) groups excluding carboxylic acids is 1. The Bertz CT molecular complexity index is 753. The van der Waals surface area contributed by atoms with Crippen molar-refractivity contribution in [2.75, 3.05) is 26.2 Å². The second-order valence-corrected chi connectivity index (χ2v) is 10.1. The molecule has 2 aliphatic rings. The lowest BCUT2D eigenvalue weighted by Gasteiger charge is -2.37. The van der Waals surface area contributed by atoms with E-state index in [1.54, 1.807) is 12.1 Å². The zero-order chi connectivity index (χ0) is 20.1. The van der Waals surface area contributed by atoms with Gasteiger partial charge in [0, 0.05) is 37.2 Å². The van der Waals surface area contributed by atoms with Gasteiger partial charge in [0.25, 0.3) is 0 Å². The van der Waals surface area contributed by atoms with Crippen LogP contribution in [-0.4, -0.2) is 61.8 Å². The van der Waals surface area contributed by atoms with Gasteiger partial charge in [0.05, 0.1) is 10.9 Å². The Morgan fingerprint density at radius 3 is 2.18 bits per heavy atom. The van der Waals surface area contributed by atoms with Gasteiger partial charge in [-0.25, -0.2) is 8.42 Å². The van der Waals surface area contributed by atoms with Crippen molar-refractivity contribution < 1.29 is 13.2 Å². The second kappa shape index (κ2) is 9.57. The average Bonchev–Trinajstić information content (AvgIpc) is 2.96. The third-order valence-electron chi connectivity index (χ3n) is 5.85. The molecule has 1 saturated heterocycles. The molecule has 1 aromatic carbocycles. The zero-order valence-corrected chi connectivity index (χ0v) is 18.0. The molecular formula is C20H30ClN3O3S. The van der Waals surface area contributed by atoms with E-state index in [-0.39, 0.29) is 22.9 Å². The van der Waals surface area contributed by atoms with Gasteiger partial charge < -0.3 is 5.32 Å². The molecule has 1 amide bonds. The molecule has 6 nitrogen and oxygen atoms in total. The molecule has 1 saturated carbocycles. The fourth-order valence-corrected chi connectivity index (χ4v) is 5.55. The monoisotopic (exact) mass is 427 g/mol. The van der Waals surface area contributed by atoms with E-state index in [2.05, 4.69) is 10.2 Å². The molecule has 3 rings (SSSR count). The number of hydrogen-bond acceptors (Lipinski definition) is 4. The summed E-state index contributed by atoms with van der Waals surface area (Å²) in [6, 6.07) is 6.28. The van der Waals surface area contributed by atoms with Crippen LogP contribution in [0.3, 0.4) is 0 Å². The fourth-order valence-electron chi connectivity index (χ4n) is 4.00. The molecule has 2 fully saturated rings. The Morgan fingerprint density at radius 2 is 1.61 bits per heavy atom. The number of amides is 1. The van der Waals surface area contributed by atoms with Gasteiger partial charge in [-0.3, -0.25) is 9.69 Å². The molecule has 1 N–H and O–H groups in total. The lowest BCUT2D eigenvalue weighted by Crippen LogP contribution is -2.55. The molecule has 1 aromatic rings. The summed E-state index contributed by atoms with van der Waals surface area (Å²) in [5.74, 6) is 0.0564. The number of rotatable bonds is 5. The van der Waals surface area contributed by atoms with Gasteiger partial charge in [0.2, 0.25) is 15.9 Å². The minimum atomic E-state index is -3.53. The summed E-state index contributed by atoms with van der Waals surface area (Å²) >= 11 is 5.86. The van der Waals surface area contributed by atoms with Crippen molar-refractivity contribution in [2.24, 2.45) is 0 Å². The molecule has 0 spiro atoms. The van der Waals surface area contributed by atoms with Crippen molar-refractivity contribution in [3.8, 4) is 0 Å². The van der Waals surface area contributed by atoms with E-state index >= 15 is 0 Å². The van der Waals surface area contributed by atoms with Crippen LogP contribution in [0.4, 0.5) is 0 Å². The molecule has 28 heavy (non-hydrogen) atoms. The molecule has 0 bridgehead atoms. The molecule has 1 aliphatic heterocycles. The SMILES string of the molecule is C[C@@H](C(=O)NC1CCCCCC1)N1CCN(S(=O)(=O)c2ccc(Cl)cc2)CC1. The first-order valence-electron chi connectivity index (χ1n) is 10.2. The molecule has 0 radical (unpaired) electrons. The summed E-state index contributed by atoms with van der Waals surface area (Å²) in [6.07, 6.45) is 7.00. The normalized spacial score (nSPS) is 21.8. The summed E-state index contributed by atoms with van der Waals surface area (Å²) < 4.78 is 27.1. The molecule has 1 aliphatic carbocycles. The van der Waals surface area contributed by atoms with E-state index in [9.17, 15) is 13.2 Å². The Morgan fingerprint density at radius 1 is 1.04 bits per heavy atom. The van der Waals surface area contributed by atoms with Crippen LogP contribution in [0.25, 0.3) is 0 Å². The molecular weight excluding hydrogens is 398 g/mol. The van der Waals surface area contributed by atoms with Gasteiger partial charge in [-0.15, -0.1) is 0 Å². The minimum Gasteiger partial charge on any atom is -0.352 e. The van der Waals surface area contributed by atoms with Crippen LogP contribution in [0.2, 0.25) is 5.02 Å². The van der Waals surface area contributed by atoms with Crippen LogP contribution >= 0.6 is 11.6 Å². The average molecular weight is 428 g/mol. The van der Waals surface area contributed by atoms with Crippen LogP contribution in [-0.2, 0) is 14.8 Å². The number of carbonyl (C=O) groups is 1. The Kier molecular flexibility index (Phi) is 7.36. The largest absolute Gasteiger partial charge is 0.352 e. The molecule has 156 valence electrons. The van der Waals surface area contributed by atoms with Gasteiger partial charge in [-0.2, -0.15) is 4.31 Å². The highest BCUT2D eigenvalue weighted by molar-refractivity contribution is 7.89.